The first kappa shape index (κ1) is 12.1. The Labute approximate surface area is 77.3 Å². The molecule has 1 unspecified atom stereocenters. The molecule has 0 fully saturated rings. The summed E-state index contributed by atoms with van der Waals surface area (Å²) in [7, 11) is 0. The summed E-state index contributed by atoms with van der Waals surface area (Å²) in [5, 5.41) is 0. The Morgan fingerprint density at radius 2 is 2.00 bits per heavy atom. The van der Waals surface area contributed by atoms with Crippen molar-refractivity contribution in [2.75, 3.05) is 6.61 Å². The van der Waals surface area contributed by atoms with E-state index in [1.165, 1.54) is 0 Å². The molecule has 76 valence electrons. The number of hydrogen-bond donors (Lipinski definition) is 0. The van der Waals surface area contributed by atoms with Crippen molar-refractivity contribution in [2.24, 2.45) is 0 Å². The number of ether oxygens (including phenoxy) is 1. The van der Waals surface area contributed by atoms with E-state index in [2.05, 4.69) is 4.74 Å². The molecule has 0 saturated carbocycles. The second kappa shape index (κ2) is 6.57. The smallest absolute Gasteiger partial charge is 0.348 e. The predicted octanol–water partition coefficient (Wildman–Crippen LogP) is 1.65. The van der Waals surface area contributed by atoms with Gasteiger partial charge >= 0.3 is 5.97 Å². The van der Waals surface area contributed by atoms with E-state index in [0.717, 1.165) is 19.8 Å². The number of halogens is 1. The van der Waals surface area contributed by atoms with Crippen molar-refractivity contribution in [3.05, 3.63) is 0 Å². The van der Waals surface area contributed by atoms with Gasteiger partial charge in [-0.25, -0.2) is 9.18 Å². The second-order valence-electron chi connectivity index (χ2n) is 2.85. The summed E-state index contributed by atoms with van der Waals surface area (Å²) in [5.41, 5.74) is 0. The summed E-state index contributed by atoms with van der Waals surface area (Å²) in [6, 6.07) is 0. The second-order valence-corrected chi connectivity index (χ2v) is 2.85. The average Bonchev–Trinajstić information content (AvgIpc) is 2.10. The number of hydrogen-bond acceptors (Lipinski definition) is 3. The zero-order chi connectivity index (χ0) is 10.3. The summed E-state index contributed by atoms with van der Waals surface area (Å²) in [4.78, 5) is 21.1. The van der Waals surface area contributed by atoms with Crippen molar-refractivity contribution < 1.29 is 18.7 Å². The van der Waals surface area contributed by atoms with E-state index >= 15 is 0 Å². The Hall–Kier alpha value is -0.930. The highest BCUT2D eigenvalue weighted by atomic mass is 19.1. The van der Waals surface area contributed by atoms with Gasteiger partial charge in [-0.3, -0.25) is 4.79 Å². The van der Waals surface area contributed by atoms with Crippen LogP contribution < -0.4 is 0 Å². The van der Waals surface area contributed by atoms with Crippen LogP contribution in [0, 0.1) is 0 Å². The highest BCUT2D eigenvalue weighted by Crippen LogP contribution is 1.99. The molecule has 0 N–H and O–H groups in total. The maximum absolute atomic E-state index is 12.6. The molecule has 0 aromatic carbocycles. The minimum Gasteiger partial charge on any atom is -0.463 e. The third-order valence-corrected chi connectivity index (χ3v) is 1.56. The molecule has 0 aromatic heterocycles. The number of esters is 1. The van der Waals surface area contributed by atoms with Gasteiger partial charge in [0.05, 0.1) is 6.61 Å². The molecule has 0 bridgehead atoms. The molecule has 0 spiro atoms. The molecule has 0 heterocycles. The maximum Gasteiger partial charge on any atom is 0.348 e. The number of rotatable bonds is 6. The quantitative estimate of drug-likeness (QED) is 0.363. The molecule has 1 atom stereocenters. The Bertz CT molecular complexity index is 180. The number of carbonyl (C=O) groups excluding carboxylic acids is 2. The molecule has 0 rings (SSSR count). The lowest BCUT2D eigenvalue weighted by atomic mass is 10.2. The van der Waals surface area contributed by atoms with E-state index in [1.807, 2.05) is 6.92 Å². The lowest BCUT2D eigenvalue weighted by Gasteiger charge is -2.05. The summed E-state index contributed by atoms with van der Waals surface area (Å²) in [6.45, 7) is 3.23. The molecule has 3 nitrogen and oxygen atoms in total. The summed E-state index contributed by atoms with van der Waals surface area (Å²) >= 11 is 0. The fourth-order valence-corrected chi connectivity index (χ4v) is 0.764. The van der Waals surface area contributed by atoms with Gasteiger partial charge in [-0.2, -0.15) is 0 Å². The van der Waals surface area contributed by atoms with Crippen molar-refractivity contribution >= 4 is 11.8 Å². The molecular weight excluding hydrogens is 175 g/mol. The van der Waals surface area contributed by atoms with Gasteiger partial charge in [0.15, 0.2) is 5.78 Å². The average molecular weight is 190 g/mol. The first-order chi connectivity index (χ1) is 6.09. The van der Waals surface area contributed by atoms with Crippen LogP contribution in [0.2, 0.25) is 0 Å². The molecule has 0 aliphatic rings. The van der Waals surface area contributed by atoms with E-state index in [9.17, 15) is 14.0 Å². The Morgan fingerprint density at radius 3 is 2.46 bits per heavy atom. The maximum atomic E-state index is 12.6. The van der Waals surface area contributed by atoms with E-state index in [0.29, 0.717) is 6.42 Å². The number of carbonyl (C=O) groups is 2. The van der Waals surface area contributed by atoms with Crippen LogP contribution in [0.25, 0.3) is 0 Å². The van der Waals surface area contributed by atoms with Crippen LogP contribution in [-0.4, -0.2) is 24.5 Å². The minimum absolute atomic E-state index is 0.195. The van der Waals surface area contributed by atoms with Gasteiger partial charge in [-0.1, -0.05) is 19.8 Å². The van der Waals surface area contributed by atoms with Crippen LogP contribution in [0.5, 0.6) is 0 Å². The number of alkyl halides is 1. The molecular formula is C9H15FO3. The van der Waals surface area contributed by atoms with Crippen LogP contribution in [-0.2, 0) is 14.3 Å². The number of Topliss-reactive ketones (excluding diaryl/α,β-unsaturated/α-hetero) is 1. The van der Waals surface area contributed by atoms with E-state index in [4.69, 9.17) is 0 Å². The molecule has 0 radical (unpaired) electrons. The van der Waals surface area contributed by atoms with Crippen LogP contribution >= 0.6 is 0 Å². The van der Waals surface area contributed by atoms with Gasteiger partial charge in [0, 0.05) is 0 Å². The number of unbranched alkanes of at least 4 members (excludes halogenated alkanes) is 2. The van der Waals surface area contributed by atoms with Gasteiger partial charge < -0.3 is 4.74 Å². The fraction of sp³-hybridized carbons (Fsp3) is 0.778. The summed E-state index contributed by atoms with van der Waals surface area (Å²) in [5.74, 6) is -1.87. The fourth-order valence-electron chi connectivity index (χ4n) is 0.764. The van der Waals surface area contributed by atoms with Crippen molar-refractivity contribution in [1.29, 1.82) is 0 Å². The van der Waals surface area contributed by atoms with Crippen molar-refractivity contribution in [1.82, 2.24) is 0 Å². The predicted molar refractivity (Wildman–Crippen MR) is 46.1 cm³/mol. The van der Waals surface area contributed by atoms with Crippen molar-refractivity contribution in [3.8, 4) is 0 Å². The lowest BCUT2D eigenvalue weighted by Crippen LogP contribution is -2.25. The van der Waals surface area contributed by atoms with Crippen LogP contribution in [0.15, 0.2) is 0 Å². The molecule has 0 aliphatic carbocycles. The van der Waals surface area contributed by atoms with Gasteiger partial charge in [0.1, 0.15) is 0 Å². The minimum atomic E-state index is -2.11. The molecule has 0 aliphatic heterocycles. The third kappa shape index (κ3) is 5.33. The standard InChI is InChI=1S/C9H15FO3/c1-3-4-5-6-13-9(12)8(10)7(2)11/h8H,3-6H2,1-2H3. The molecule has 4 heteroatoms. The van der Waals surface area contributed by atoms with Crippen LogP contribution in [0.4, 0.5) is 4.39 Å². The Morgan fingerprint density at radius 1 is 1.38 bits per heavy atom. The first-order valence-electron chi connectivity index (χ1n) is 4.40. The SMILES string of the molecule is CCCCCOC(=O)C(F)C(C)=O. The highest BCUT2D eigenvalue weighted by Gasteiger charge is 2.23. The van der Waals surface area contributed by atoms with Crippen LogP contribution in [0.1, 0.15) is 33.1 Å². The Kier molecular flexibility index (Phi) is 6.10. The van der Waals surface area contributed by atoms with E-state index in [-0.39, 0.29) is 6.61 Å². The van der Waals surface area contributed by atoms with Gasteiger partial charge in [0.2, 0.25) is 0 Å². The third-order valence-electron chi connectivity index (χ3n) is 1.56. The van der Waals surface area contributed by atoms with Crippen LogP contribution in [0.3, 0.4) is 0 Å². The zero-order valence-electron chi connectivity index (χ0n) is 8.01. The van der Waals surface area contributed by atoms with Gasteiger partial charge in [-0.15, -0.1) is 0 Å². The molecule has 0 aromatic rings. The zero-order valence-corrected chi connectivity index (χ0v) is 8.01. The summed E-state index contributed by atoms with van der Waals surface area (Å²) < 4.78 is 17.1. The number of ketones is 1. The first-order valence-corrected chi connectivity index (χ1v) is 4.40. The van der Waals surface area contributed by atoms with Crippen molar-refractivity contribution in [3.63, 3.8) is 0 Å². The van der Waals surface area contributed by atoms with Gasteiger partial charge in [0.25, 0.3) is 6.17 Å². The van der Waals surface area contributed by atoms with Crippen molar-refractivity contribution in [2.45, 2.75) is 39.3 Å². The van der Waals surface area contributed by atoms with E-state index < -0.39 is 17.9 Å². The Balaban J connectivity index is 3.56. The normalized spacial score (nSPS) is 12.2. The molecule has 13 heavy (non-hydrogen) atoms. The topological polar surface area (TPSA) is 43.4 Å². The van der Waals surface area contributed by atoms with Gasteiger partial charge in [-0.05, 0) is 13.3 Å². The lowest BCUT2D eigenvalue weighted by molar-refractivity contribution is -0.152. The molecule has 0 amide bonds. The molecule has 0 saturated heterocycles. The largest absolute Gasteiger partial charge is 0.463 e. The monoisotopic (exact) mass is 190 g/mol. The summed E-state index contributed by atoms with van der Waals surface area (Å²) in [6.07, 6.45) is 0.544. The highest BCUT2D eigenvalue weighted by molar-refractivity contribution is 6.00. The van der Waals surface area contributed by atoms with E-state index in [1.54, 1.807) is 0 Å².